The standard InChI is InChI=1S/C22H28N2O.C2H6/c1-7-12-18(11-5)16-20(17-23)22(25)24(6)21(15-10-4)19(13-8-2)14-9-3;1-2/h7-9,11-14,16,21H,1-2,5,10,15H2,3-4,6H3;1-2H3/b14-9-,18-12+,19-13+,20-16+;. The van der Waals surface area contributed by atoms with Gasteiger partial charge in [0.2, 0.25) is 0 Å². The van der Waals surface area contributed by atoms with E-state index in [2.05, 4.69) is 26.7 Å². The van der Waals surface area contributed by atoms with E-state index in [0.717, 1.165) is 18.4 Å². The van der Waals surface area contributed by atoms with Crippen LogP contribution in [-0.4, -0.2) is 23.9 Å². The van der Waals surface area contributed by atoms with Crippen molar-refractivity contribution in [2.24, 2.45) is 0 Å². The van der Waals surface area contributed by atoms with Gasteiger partial charge in [-0.05, 0) is 30.6 Å². The topological polar surface area (TPSA) is 44.1 Å². The van der Waals surface area contributed by atoms with Crippen LogP contribution in [0.4, 0.5) is 0 Å². The van der Waals surface area contributed by atoms with Gasteiger partial charge in [-0.3, -0.25) is 4.79 Å². The molecule has 27 heavy (non-hydrogen) atoms. The number of likely N-dealkylation sites (N-methyl/N-ethyl adjacent to an activating group) is 1. The number of allylic oxidation sites excluding steroid dienone is 8. The molecule has 0 rings (SSSR count). The second-order valence-electron chi connectivity index (χ2n) is 5.40. The molecule has 0 radical (unpaired) electrons. The average Bonchev–Trinajstić information content (AvgIpc) is 2.69. The molecule has 0 N–H and O–H groups in total. The summed E-state index contributed by atoms with van der Waals surface area (Å²) in [5.41, 5.74) is 1.71. The first kappa shape index (κ1) is 26.4. The molecular formula is C24H34N2O. The third-order valence-corrected chi connectivity index (χ3v) is 3.61. The summed E-state index contributed by atoms with van der Waals surface area (Å²) in [7, 11) is 1.72. The summed E-state index contributed by atoms with van der Waals surface area (Å²) in [4.78, 5) is 14.4. The van der Waals surface area contributed by atoms with Crippen LogP contribution in [0.2, 0.25) is 0 Å². The molecule has 0 saturated carbocycles. The van der Waals surface area contributed by atoms with E-state index >= 15 is 0 Å². The highest BCUT2D eigenvalue weighted by Gasteiger charge is 2.24. The largest absolute Gasteiger partial charge is 0.334 e. The monoisotopic (exact) mass is 366 g/mol. The van der Waals surface area contributed by atoms with Crippen molar-refractivity contribution in [1.82, 2.24) is 4.90 Å². The van der Waals surface area contributed by atoms with Crippen molar-refractivity contribution in [1.29, 1.82) is 5.26 Å². The minimum absolute atomic E-state index is 0.0648. The zero-order valence-electron chi connectivity index (χ0n) is 17.5. The third-order valence-electron chi connectivity index (χ3n) is 3.61. The second kappa shape index (κ2) is 16.6. The van der Waals surface area contributed by atoms with Gasteiger partial charge in [0, 0.05) is 7.05 Å². The molecule has 0 spiro atoms. The van der Waals surface area contributed by atoms with Crippen LogP contribution in [0.25, 0.3) is 0 Å². The van der Waals surface area contributed by atoms with Crippen LogP contribution in [-0.2, 0) is 4.79 Å². The number of nitrogens with zero attached hydrogens (tertiary/aromatic N) is 2. The highest BCUT2D eigenvalue weighted by atomic mass is 16.2. The first-order valence-corrected chi connectivity index (χ1v) is 9.29. The SMILES string of the molecule is C=C/C=C(C=C)/C=C(\C#N)C(=O)N(C)C(CCC)C(/C=C\C)=C/C=C.CC. The van der Waals surface area contributed by atoms with E-state index in [-0.39, 0.29) is 17.5 Å². The summed E-state index contributed by atoms with van der Waals surface area (Å²) >= 11 is 0. The van der Waals surface area contributed by atoms with Crippen molar-refractivity contribution >= 4 is 5.91 Å². The predicted molar refractivity (Wildman–Crippen MR) is 118 cm³/mol. The molecule has 1 unspecified atom stereocenters. The molecule has 0 fully saturated rings. The highest BCUT2D eigenvalue weighted by molar-refractivity contribution is 5.98. The Morgan fingerprint density at radius 1 is 1.19 bits per heavy atom. The lowest BCUT2D eigenvalue weighted by atomic mass is 9.98. The Balaban J connectivity index is 0. The van der Waals surface area contributed by atoms with Crippen LogP contribution in [0.3, 0.4) is 0 Å². The molecule has 0 aliphatic carbocycles. The Morgan fingerprint density at radius 3 is 2.19 bits per heavy atom. The van der Waals surface area contributed by atoms with Gasteiger partial charge in [0.05, 0.1) is 6.04 Å². The number of nitriles is 1. The number of amides is 1. The third kappa shape index (κ3) is 9.42. The van der Waals surface area contributed by atoms with E-state index in [1.165, 1.54) is 6.08 Å². The highest BCUT2D eigenvalue weighted by Crippen LogP contribution is 2.19. The fourth-order valence-electron chi connectivity index (χ4n) is 2.41. The summed E-state index contributed by atoms with van der Waals surface area (Å²) in [6.45, 7) is 19.1. The summed E-state index contributed by atoms with van der Waals surface area (Å²) in [5, 5.41) is 9.42. The minimum Gasteiger partial charge on any atom is -0.334 e. The second-order valence-corrected chi connectivity index (χ2v) is 5.40. The molecule has 0 aromatic rings. The van der Waals surface area contributed by atoms with Gasteiger partial charge >= 0.3 is 0 Å². The van der Waals surface area contributed by atoms with Crippen LogP contribution in [0, 0.1) is 11.3 Å². The number of carbonyl (C=O) groups excluding carboxylic acids is 1. The quantitative estimate of drug-likeness (QED) is 0.267. The summed E-state index contributed by atoms with van der Waals surface area (Å²) < 4.78 is 0. The molecular weight excluding hydrogens is 332 g/mol. The van der Waals surface area contributed by atoms with Crippen molar-refractivity contribution in [3.05, 3.63) is 85.1 Å². The van der Waals surface area contributed by atoms with E-state index in [4.69, 9.17) is 0 Å². The number of rotatable bonds is 10. The molecule has 0 saturated heterocycles. The Hall–Kier alpha value is -2.86. The van der Waals surface area contributed by atoms with Gasteiger partial charge in [-0.1, -0.05) is 89.5 Å². The van der Waals surface area contributed by atoms with Crippen LogP contribution >= 0.6 is 0 Å². The maximum Gasteiger partial charge on any atom is 0.264 e. The summed E-state index contributed by atoms with van der Waals surface area (Å²) in [5.74, 6) is -0.322. The molecule has 3 nitrogen and oxygen atoms in total. The molecule has 3 heteroatoms. The first-order valence-electron chi connectivity index (χ1n) is 9.29. The number of hydrogen-bond donors (Lipinski definition) is 0. The fourth-order valence-corrected chi connectivity index (χ4v) is 2.41. The fraction of sp³-hybridized carbons (Fsp3) is 0.333. The van der Waals surface area contributed by atoms with Gasteiger partial charge in [0.1, 0.15) is 11.6 Å². The van der Waals surface area contributed by atoms with Crippen molar-refractivity contribution in [3.8, 4) is 6.07 Å². The molecule has 0 bridgehead atoms. The predicted octanol–water partition coefficient (Wildman–Crippen LogP) is 6.08. The maximum absolute atomic E-state index is 12.8. The van der Waals surface area contributed by atoms with Gasteiger partial charge in [0.15, 0.2) is 0 Å². The Kier molecular flexibility index (Phi) is 16.2. The normalized spacial score (nSPS) is 13.1. The number of hydrogen-bond acceptors (Lipinski definition) is 2. The van der Waals surface area contributed by atoms with E-state index in [1.54, 1.807) is 36.3 Å². The van der Waals surface area contributed by atoms with Gasteiger partial charge in [-0.25, -0.2) is 0 Å². The molecule has 0 heterocycles. The van der Waals surface area contributed by atoms with Gasteiger partial charge in [-0.15, -0.1) is 0 Å². The van der Waals surface area contributed by atoms with Crippen LogP contribution in [0.5, 0.6) is 0 Å². The van der Waals surface area contributed by atoms with E-state index in [0.29, 0.717) is 5.57 Å². The van der Waals surface area contributed by atoms with E-state index < -0.39 is 0 Å². The first-order chi connectivity index (χ1) is 13.0. The van der Waals surface area contributed by atoms with Crippen LogP contribution in [0.1, 0.15) is 40.5 Å². The van der Waals surface area contributed by atoms with Crippen molar-refractivity contribution < 1.29 is 4.79 Å². The van der Waals surface area contributed by atoms with Gasteiger partial charge < -0.3 is 4.90 Å². The zero-order chi connectivity index (χ0) is 21.2. The minimum atomic E-state index is -0.322. The Labute approximate surface area is 166 Å². The maximum atomic E-state index is 12.8. The molecule has 0 aliphatic heterocycles. The summed E-state index contributed by atoms with van der Waals surface area (Å²) in [6.07, 6.45) is 15.6. The molecule has 1 amide bonds. The lowest BCUT2D eigenvalue weighted by Crippen LogP contribution is -2.38. The lowest BCUT2D eigenvalue weighted by molar-refractivity contribution is -0.126. The molecule has 1 atom stereocenters. The molecule has 146 valence electrons. The van der Waals surface area contributed by atoms with E-state index in [9.17, 15) is 10.1 Å². The molecule has 0 aliphatic rings. The smallest absolute Gasteiger partial charge is 0.264 e. The van der Waals surface area contributed by atoms with Crippen molar-refractivity contribution in [3.63, 3.8) is 0 Å². The zero-order valence-corrected chi connectivity index (χ0v) is 17.5. The van der Waals surface area contributed by atoms with Crippen molar-refractivity contribution in [2.45, 2.75) is 46.6 Å². The lowest BCUT2D eigenvalue weighted by Gasteiger charge is -2.29. The van der Waals surface area contributed by atoms with Gasteiger partial charge in [-0.2, -0.15) is 5.26 Å². The molecule has 0 aromatic heterocycles. The Morgan fingerprint density at radius 2 is 1.78 bits per heavy atom. The Bertz CT molecular complexity index is 654. The van der Waals surface area contributed by atoms with E-state index in [1.807, 2.05) is 45.1 Å². The van der Waals surface area contributed by atoms with Crippen LogP contribution < -0.4 is 0 Å². The van der Waals surface area contributed by atoms with Gasteiger partial charge in [0.25, 0.3) is 5.91 Å². The molecule has 0 aromatic carbocycles. The van der Waals surface area contributed by atoms with Crippen LogP contribution in [0.15, 0.2) is 85.1 Å². The van der Waals surface area contributed by atoms with Crippen molar-refractivity contribution in [2.75, 3.05) is 7.05 Å². The summed E-state index contributed by atoms with van der Waals surface area (Å²) in [6, 6.07) is 1.87. The number of carbonyl (C=O) groups is 1. The average molecular weight is 367 g/mol.